The standard InChI is InChI=1S/C15H19N3O3/c1-9(2)14(19)16-10(3)15-17-13(18-21-15)11-7-5-6-8-12(11)20-4/h5-10H,1-4H3,(H,16,19)/t10-/m1/s1. The summed E-state index contributed by atoms with van der Waals surface area (Å²) >= 11 is 0. The lowest BCUT2D eigenvalue weighted by atomic mass is 10.2. The molecule has 112 valence electrons. The van der Waals surface area contributed by atoms with Crippen molar-refractivity contribution in [3.8, 4) is 17.1 Å². The number of aromatic nitrogens is 2. The second-order valence-electron chi connectivity index (χ2n) is 5.04. The number of amides is 1. The lowest BCUT2D eigenvalue weighted by molar-refractivity contribution is -0.124. The molecule has 0 fully saturated rings. The van der Waals surface area contributed by atoms with E-state index in [1.807, 2.05) is 38.1 Å². The van der Waals surface area contributed by atoms with Gasteiger partial charge in [-0.05, 0) is 19.1 Å². The molecule has 1 atom stereocenters. The van der Waals surface area contributed by atoms with Crippen LogP contribution < -0.4 is 10.1 Å². The molecule has 0 spiro atoms. The van der Waals surface area contributed by atoms with Crippen LogP contribution in [0.15, 0.2) is 28.8 Å². The largest absolute Gasteiger partial charge is 0.496 e. The molecular formula is C15H19N3O3. The lowest BCUT2D eigenvalue weighted by Gasteiger charge is -2.11. The Morgan fingerprint density at radius 1 is 1.29 bits per heavy atom. The zero-order chi connectivity index (χ0) is 15.4. The topological polar surface area (TPSA) is 77.3 Å². The zero-order valence-electron chi connectivity index (χ0n) is 12.6. The second kappa shape index (κ2) is 6.39. The molecule has 0 saturated heterocycles. The number of para-hydroxylation sites is 1. The molecule has 0 aliphatic rings. The van der Waals surface area contributed by atoms with E-state index in [1.54, 1.807) is 14.0 Å². The van der Waals surface area contributed by atoms with Crippen LogP contribution in [0.2, 0.25) is 0 Å². The van der Waals surface area contributed by atoms with Crippen LogP contribution in [-0.4, -0.2) is 23.2 Å². The van der Waals surface area contributed by atoms with Crippen molar-refractivity contribution in [3.05, 3.63) is 30.2 Å². The lowest BCUT2D eigenvalue weighted by Crippen LogP contribution is -2.30. The molecule has 0 radical (unpaired) electrons. The molecule has 1 heterocycles. The van der Waals surface area contributed by atoms with Crippen LogP contribution in [0.25, 0.3) is 11.4 Å². The summed E-state index contributed by atoms with van der Waals surface area (Å²) in [6.07, 6.45) is 0. The van der Waals surface area contributed by atoms with Gasteiger partial charge in [0.05, 0.1) is 12.7 Å². The van der Waals surface area contributed by atoms with Gasteiger partial charge < -0.3 is 14.6 Å². The van der Waals surface area contributed by atoms with E-state index in [4.69, 9.17) is 9.26 Å². The highest BCUT2D eigenvalue weighted by atomic mass is 16.5. The van der Waals surface area contributed by atoms with Crippen molar-refractivity contribution in [2.45, 2.75) is 26.8 Å². The molecule has 21 heavy (non-hydrogen) atoms. The third-order valence-corrected chi connectivity index (χ3v) is 3.04. The number of nitrogens with zero attached hydrogens (tertiary/aromatic N) is 2. The molecule has 0 saturated carbocycles. The van der Waals surface area contributed by atoms with Crippen LogP contribution in [0.1, 0.15) is 32.7 Å². The Morgan fingerprint density at radius 2 is 2.00 bits per heavy atom. The first-order valence-electron chi connectivity index (χ1n) is 6.80. The average molecular weight is 289 g/mol. The fourth-order valence-corrected chi connectivity index (χ4v) is 1.79. The van der Waals surface area contributed by atoms with Crippen molar-refractivity contribution in [1.82, 2.24) is 15.5 Å². The summed E-state index contributed by atoms with van der Waals surface area (Å²) in [4.78, 5) is 16.0. The van der Waals surface area contributed by atoms with Crippen molar-refractivity contribution in [2.75, 3.05) is 7.11 Å². The molecule has 1 N–H and O–H groups in total. The molecule has 6 nitrogen and oxygen atoms in total. The van der Waals surface area contributed by atoms with Crippen molar-refractivity contribution >= 4 is 5.91 Å². The van der Waals surface area contributed by atoms with E-state index >= 15 is 0 Å². The van der Waals surface area contributed by atoms with E-state index in [9.17, 15) is 4.79 Å². The highest BCUT2D eigenvalue weighted by molar-refractivity contribution is 5.78. The maximum absolute atomic E-state index is 11.7. The third-order valence-electron chi connectivity index (χ3n) is 3.04. The maximum Gasteiger partial charge on any atom is 0.249 e. The van der Waals surface area contributed by atoms with Gasteiger partial charge in [-0.3, -0.25) is 4.79 Å². The summed E-state index contributed by atoms with van der Waals surface area (Å²) in [5, 5.41) is 6.77. The second-order valence-corrected chi connectivity index (χ2v) is 5.04. The van der Waals surface area contributed by atoms with Gasteiger partial charge in [-0.1, -0.05) is 31.1 Å². The zero-order valence-corrected chi connectivity index (χ0v) is 12.6. The fraction of sp³-hybridized carbons (Fsp3) is 0.400. The minimum Gasteiger partial charge on any atom is -0.496 e. The Kier molecular flexibility index (Phi) is 4.57. The van der Waals surface area contributed by atoms with E-state index in [-0.39, 0.29) is 17.9 Å². The summed E-state index contributed by atoms with van der Waals surface area (Å²) in [5.41, 5.74) is 0.748. The Morgan fingerprint density at radius 3 is 2.67 bits per heavy atom. The van der Waals surface area contributed by atoms with Crippen molar-refractivity contribution in [1.29, 1.82) is 0 Å². The fourth-order valence-electron chi connectivity index (χ4n) is 1.79. The molecule has 2 rings (SSSR count). The highest BCUT2D eigenvalue weighted by Crippen LogP contribution is 2.27. The summed E-state index contributed by atoms with van der Waals surface area (Å²) in [5.74, 6) is 1.32. The number of nitrogens with one attached hydrogen (secondary N) is 1. The first kappa shape index (κ1) is 15.0. The van der Waals surface area contributed by atoms with Crippen molar-refractivity contribution in [2.24, 2.45) is 5.92 Å². The van der Waals surface area contributed by atoms with Gasteiger partial charge in [-0.15, -0.1) is 0 Å². The molecule has 1 amide bonds. The van der Waals surface area contributed by atoms with Crippen LogP contribution in [-0.2, 0) is 4.79 Å². The van der Waals surface area contributed by atoms with E-state index in [0.717, 1.165) is 5.56 Å². The predicted octanol–water partition coefficient (Wildman–Crippen LogP) is 2.58. The molecule has 1 aromatic carbocycles. The highest BCUT2D eigenvalue weighted by Gasteiger charge is 2.19. The van der Waals surface area contributed by atoms with E-state index in [1.165, 1.54) is 0 Å². The SMILES string of the molecule is COc1ccccc1-c1noc([C@@H](C)NC(=O)C(C)C)n1. The number of hydrogen-bond acceptors (Lipinski definition) is 5. The van der Waals surface area contributed by atoms with Gasteiger partial charge in [-0.2, -0.15) is 4.98 Å². The summed E-state index contributed by atoms with van der Waals surface area (Å²) in [6.45, 7) is 5.46. The molecule has 0 unspecified atom stereocenters. The number of rotatable bonds is 5. The van der Waals surface area contributed by atoms with Crippen molar-refractivity contribution in [3.63, 3.8) is 0 Å². The quantitative estimate of drug-likeness (QED) is 0.915. The molecule has 1 aromatic heterocycles. The Hall–Kier alpha value is -2.37. The Bertz CT molecular complexity index is 622. The molecule has 0 aliphatic heterocycles. The Labute approximate surface area is 123 Å². The molecular weight excluding hydrogens is 270 g/mol. The summed E-state index contributed by atoms with van der Waals surface area (Å²) in [6, 6.07) is 7.09. The van der Waals surface area contributed by atoms with E-state index < -0.39 is 0 Å². The normalized spacial score (nSPS) is 12.2. The third kappa shape index (κ3) is 3.39. The van der Waals surface area contributed by atoms with Crippen LogP contribution in [0, 0.1) is 5.92 Å². The summed E-state index contributed by atoms with van der Waals surface area (Å²) < 4.78 is 10.5. The summed E-state index contributed by atoms with van der Waals surface area (Å²) in [7, 11) is 1.59. The number of benzene rings is 1. The van der Waals surface area contributed by atoms with Gasteiger partial charge in [0.15, 0.2) is 0 Å². The van der Waals surface area contributed by atoms with E-state index in [0.29, 0.717) is 17.5 Å². The average Bonchev–Trinajstić information content (AvgIpc) is 2.96. The van der Waals surface area contributed by atoms with Crippen LogP contribution in [0.3, 0.4) is 0 Å². The van der Waals surface area contributed by atoms with E-state index in [2.05, 4.69) is 15.5 Å². The number of ether oxygens (including phenoxy) is 1. The smallest absolute Gasteiger partial charge is 0.249 e. The Balaban J connectivity index is 2.20. The molecule has 2 aromatic rings. The van der Waals surface area contributed by atoms with Gasteiger partial charge in [0.1, 0.15) is 11.8 Å². The maximum atomic E-state index is 11.7. The van der Waals surface area contributed by atoms with Gasteiger partial charge >= 0.3 is 0 Å². The van der Waals surface area contributed by atoms with Crippen LogP contribution in [0.4, 0.5) is 0 Å². The number of methoxy groups -OCH3 is 1. The molecule has 0 aliphatic carbocycles. The van der Waals surface area contributed by atoms with Gasteiger partial charge in [-0.25, -0.2) is 0 Å². The van der Waals surface area contributed by atoms with Crippen LogP contribution >= 0.6 is 0 Å². The first-order chi connectivity index (χ1) is 10.0. The van der Waals surface area contributed by atoms with Gasteiger partial charge in [0.2, 0.25) is 17.6 Å². The molecule has 6 heteroatoms. The van der Waals surface area contributed by atoms with Gasteiger partial charge in [0, 0.05) is 5.92 Å². The number of carbonyl (C=O) groups is 1. The minimum atomic E-state index is -0.337. The minimum absolute atomic E-state index is 0.0560. The first-order valence-corrected chi connectivity index (χ1v) is 6.80. The van der Waals surface area contributed by atoms with Crippen molar-refractivity contribution < 1.29 is 14.1 Å². The number of carbonyl (C=O) groups excluding carboxylic acids is 1. The van der Waals surface area contributed by atoms with Gasteiger partial charge in [0.25, 0.3) is 0 Å². The monoisotopic (exact) mass is 289 g/mol. The van der Waals surface area contributed by atoms with Crippen LogP contribution in [0.5, 0.6) is 5.75 Å². The molecule has 0 bridgehead atoms. The number of hydrogen-bond donors (Lipinski definition) is 1. The predicted molar refractivity (Wildman–Crippen MR) is 77.7 cm³/mol.